The molecule has 0 saturated heterocycles. The van der Waals surface area contributed by atoms with Gasteiger partial charge in [-0.25, -0.2) is 0 Å². The summed E-state index contributed by atoms with van der Waals surface area (Å²) in [5.41, 5.74) is 5.58. The number of rotatable bonds is 2. The van der Waals surface area contributed by atoms with E-state index in [0.29, 0.717) is 0 Å². The van der Waals surface area contributed by atoms with Crippen LogP contribution in [0.3, 0.4) is 0 Å². The van der Waals surface area contributed by atoms with Gasteiger partial charge in [0, 0.05) is 9.50 Å². The van der Waals surface area contributed by atoms with E-state index in [9.17, 15) is 0 Å². The number of benzene rings is 2. The maximum atomic E-state index is 6.62. The molecule has 0 aliphatic rings. The second kappa shape index (κ2) is 5.87. The van der Waals surface area contributed by atoms with E-state index >= 15 is 0 Å². The molecule has 2 rings (SSSR count). The van der Waals surface area contributed by atoms with Crippen molar-refractivity contribution in [3.8, 4) is 0 Å². The molecule has 0 amide bonds. The van der Waals surface area contributed by atoms with Crippen molar-refractivity contribution in [1.82, 2.24) is 0 Å². The second-order valence-electron chi connectivity index (χ2n) is 4.83. The molecule has 0 fully saturated rings. The molecule has 1 atom stereocenters. The van der Waals surface area contributed by atoms with Crippen molar-refractivity contribution in [2.24, 2.45) is 0 Å². The van der Waals surface area contributed by atoms with Gasteiger partial charge in [0.2, 0.25) is 0 Å². The molecule has 0 aromatic heterocycles. The lowest BCUT2D eigenvalue weighted by Crippen LogP contribution is -1.98. The molecular weight excluding hydrogens is 343 g/mol. The maximum Gasteiger partial charge on any atom is 0.0838 e. The molecule has 0 spiro atoms. The first kappa shape index (κ1) is 14.9. The molecule has 0 radical (unpaired) electrons. The van der Waals surface area contributed by atoms with Gasteiger partial charge in [-0.05, 0) is 60.7 Å². The average molecular weight is 358 g/mol. The van der Waals surface area contributed by atoms with Gasteiger partial charge >= 0.3 is 0 Å². The van der Waals surface area contributed by atoms with Crippen molar-refractivity contribution in [2.45, 2.75) is 26.1 Å². The Balaban J connectivity index is 2.46. The third-order valence-electron chi connectivity index (χ3n) is 3.31. The quantitative estimate of drug-likeness (QED) is 0.549. The average Bonchev–Trinajstić information content (AvgIpc) is 2.36. The third-order valence-corrected chi connectivity index (χ3v) is 5.06. The van der Waals surface area contributed by atoms with Crippen molar-refractivity contribution in [3.05, 3.63) is 67.6 Å². The highest BCUT2D eigenvalue weighted by Gasteiger charge is 2.15. The minimum atomic E-state index is -0.159. The Hall–Kier alpha value is -0.500. The molecule has 100 valence electrons. The number of halogens is 3. The summed E-state index contributed by atoms with van der Waals surface area (Å²) in [6, 6.07) is 10.3. The van der Waals surface area contributed by atoms with E-state index in [1.807, 2.05) is 19.9 Å². The predicted octanol–water partition coefficient (Wildman–Crippen LogP) is 6.36. The van der Waals surface area contributed by atoms with Crippen LogP contribution in [0.4, 0.5) is 0 Å². The lowest BCUT2D eigenvalue weighted by atomic mass is 9.97. The number of hydrogen-bond acceptors (Lipinski definition) is 0. The largest absolute Gasteiger partial charge is 0.113 e. The summed E-state index contributed by atoms with van der Waals surface area (Å²) in [5.74, 6) is 0. The minimum absolute atomic E-state index is 0.159. The van der Waals surface area contributed by atoms with Crippen molar-refractivity contribution in [2.75, 3.05) is 0 Å². The zero-order valence-corrected chi connectivity index (χ0v) is 14.2. The lowest BCUT2D eigenvalue weighted by Gasteiger charge is -2.16. The topological polar surface area (TPSA) is 0 Å². The molecule has 3 heteroatoms. The fraction of sp³-hybridized carbons (Fsp3) is 0.250. The Kier molecular flexibility index (Phi) is 4.60. The van der Waals surface area contributed by atoms with E-state index in [1.54, 1.807) is 0 Å². The van der Waals surface area contributed by atoms with Crippen LogP contribution in [0.2, 0.25) is 5.02 Å². The van der Waals surface area contributed by atoms with Gasteiger partial charge < -0.3 is 0 Å². The normalized spacial score (nSPS) is 12.5. The summed E-state index contributed by atoms with van der Waals surface area (Å²) in [4.78, 5) is 0. The van der Waals surface area contributed by atoms with Gasteiger partial charge in [0.25, 0.3) is 0 Å². The van der Waals surface area contributed by atoms with Crippen molar-refractivity contribution in [1.29, 1.82) is 0 Å². The Bertz CT molecular complexity index is 620. The first-order chi connectivity index (χ1) is 8.90. The van der Waals surface area contributed by atoms with Crippen LogP contribution in [0.5, 0.6) is 0 Å². The molecule has 0 aliphatic heterocycles. The standard InChI is InChI=1S/C16H15BrCl2/c1-9-4-5-12(8-14(9)17)16(19)13-6-11(3)15(18)7-10(13)2/h4-8,16H,1-3H3. The van der Waals surface area contributed by atoms with Crippen LogP contribution in [0.1, 0.15) is 33.2 Å². The molecule has 2 aromatic rings. The van der Waals surface area contributed by atoms with E-state index < -0.39 is 0 Å². The zero-order valence-electron chi connectivity index (χ0n) is 11.1. The molecule has 0 aliphatic carbocycles. The third kappa shape index (κ3) is 3.16. The Labute approximate surface area is 132 Å². The van der Waals surface area contributed by atoms with Crippen LogP contribution >= 0.6 is 39.1 Å². The summed E-state index contributed by atoms with van der Waals surface area (Å²) in [5, 5.41) is 0.628. The molecule has 2 aromatic carbocycles. The number of hydrogen-bond donors (Lipinski definition) is 0. The van der Waals surface area contributed by atoms with E-state index in [-0.39, 0.29) is 5.38 Å². The molecule has 0 bridgehead atoms. The first-order valence-corrected chi connectivity index (χ1v) is 7.67. The second-order valence-corrected chi connectivity index (χ2v) is 6.53. The highest BCUT2D eigenvalue weighted by atomic mass is 79.9. The SMILES string of the molecule is Cc1cc(C(Cl)c2ccc(C)c(Br)c2)c(C)cc1Cl. The Morgan fingerprint density at radius 2 is 1.63 bits per heavy atom. The monoisotopic (exact) mass is 356 g/mol. The highest BCUT2D eigenvalue weighted by molar-refractivity contribution is 9.10. The highest BCUT2D eigenvalue weighted by Crippen LogP contribution is 2.35. The predicted molar refractivity (Wildman–Crippen MR) is 87.5 cm³/mol. The molecule has 0 saturated carbocycles. The van der Waals surface area contributed by atoms with E-state index in [0.717, 1.165) is 31.7 Å². The van der Waals surface area contributed by atoms with Crippen LogP contribution in [0.15, 0.2) is 34.8 Å². The van der Waals surface area contributed by atoms with Crippen LogP contribution < -0.4 is 0 Å². The van der Waals surface area contributed by atoms with Crippen LogP contribution in [-0.4, -0.2) is 0 Å². The van der Waals surface area contributed by atoms with Crippen LogP contribution in [0.25, 0.3) is 0 Å². The number of alkyl halides is 1. The van der Waals surface area contributed by atoms with E-state index in [4.69, 9.17) is 23.2 Å². The van der Waals surface area contributed by atoms with Gasteiger partial charge in [0.1, 0.15) is 0 Å². The summed E-state index contributed by atoms with van der Waals surface area (Å²) in [6.45, 7) is 6.11. The van der Waals surface area contributed by atoms with Gasteiger partial charge in [0.15, 0.2) is 0 Å². The van der Waals surface area contributed by atoms with E-state index in [2.05, 4.69) is 47.1 Å². The lowest BCUT2D eigenvalue weighted by molar-refractivity contribution is 1.10. The summed E-state index contributed by atoms with van der Waals surface area (Å²) in [7, 11) is 0. The number of aryl methyl sites for hydroxylation is 3. The maximum absolute atomic E-state index is 6.62. The molecular formula is C16H15BrCl2. The van der Waals surface area contributed by atoms with Crippen LogP contribution in [-0.2, 0) is 0 Å². The smallest absolute Gasteiger partial charge is 0.0838 e. The summed E-state index contributed by atoms with van der Waals surface area (Å²) in [6.07, 6.45) is 0. The summed E-state index contributed by atoms with van der Waals surface area (Å²) < 4.78 is 1.08. The molecule has 0 N–H and O–H groups in total. The van der Waals surface area contributed by atoms with Gasteiger partial charge in [-0.1, -0.05) is 45.7 Å². The van der Waals surface area contributed by atoms with E-state index in [1.165, 1.54) is 5.56 Å². The zero-order chi connectivity index (χ0) is 14.2. The van der Waals surface area contributed by atoms with Gasteiger partial charge in [-0.2, -0.15) is 0 Å². The van der Waals surface area contributed by atoms with Gasteiger partial charge in [0.05, 0.1) is 5.38 Å². The Morgan fingerprint density at radius 1 is 0.947 bits per heavy atom. The van der Waals surface area contributed by atoms with Gasteiger partial charge in [-0.15, -0.1) is 11.6 Å². The van der Waals surface area contributed by atoms with Crippen molar-refractivity contribution in [3.63, 3.8) is 0 Å². The first-order valence-electron chi connectivity index (χ1n) is 6.07. The Morgan fingerprint density at radius 3 is 2.26 bits per heavy atom. The molecule has 0 heterocycles. The fourth-order valence-electron chi connectivity index (χ4n) is 2.02. The van der Waals surface area contributed by atoms with Crippen LogP contribution in [0, 0.1) is 20.8 Å². The van der Waals surface area contributed by atoms with Crippen molar-refractivity contribution < 1.29 is 0 Å². The van der Waals surface area contributed by atoms with Crippen molar-refractivity contribution >= 4 is 39.1 Å². The minimum Gasteiger partial charge on any atom is -0.113 e. The molecule has 1 unspecified atom stereocenters. The fourth-order valence-corrected chi connectivity index (χ4v) is 3.01. The molecule has 0 nitrogen and oxygen atoms in total. The molecule has 19 heavy (non-hydrogen) atoms. The van der Waals surface area contributed by atoms with Gasteiger partial charge in [-0.3, -0.25) is 0 Å². The summed E-state index contributed by atoms with van der Waals surface area (Å²) >= 11 is 16.3.